The van der Waals surface area contributed by atoms with Gasteiger partial charge in [0.25, 0.3) is 5.70 Å². The van der Waals surface area contributed by atoms with Crippen molar-refractivity contribution < 1.29 is 9.85 Å². The highest BCUT2D eigenvalue weighted by atomic mass is 35.5. The molecule has 0 aliphatic carbocycles. The summed E-state index contributed by atoms with van der Waals surface area (Å²) in [6.07, 6.45) is 0.767. The van der Waals surface area contributed by atoms with Crippen LogP contribution in [-0.2, 0) is 0 Å². The smallest absolute Gasteiger partial charge is 0.258 e. The molecule has 0 aliphatic heterocycles. The number of allylic oxidation sites excluding steroid dienone is 1. The summed E-state index contributed by atoms with van der Waals surface area (Å²) in [4.78, 5) is 22.2. The molecule has 128 valence electrons. The molecule has 2 aromatic carbocycles. The zero-order valence-corrected chi connectivity index (χ0v) is 15.0. The number of nitro groups is 2. The van der Waals surface area contributed by atoms with E-state index in [1.165, 1.54) is 0 Å². The van der Waals surface area contributed by atoms with Crippen molar-refractivity contribution in [2.45, 2.75) is 9.79 Å². The van der Waals surface area contributed by atoms with Crippen molar-refractivity contribution in [3.05, 3.63) is 102 Å². The predicted molar refractivity (Wildman–Crippen MR) is 99.5 cm³/mol. The fourth-order valence-electron chi connectivity index (χ4n) is 1.67. The van der Waals surface area contributed by atoms with E-state index in [2.05, 4.69) is 0 Å². The van der Waals surface area contributed by atoms with Crippen LogP contribution in [0.2, 0.25) is 0 Å². The first kappa shape index (κ1) is 19.0. The first-order valence-corrected chi connectivity index (χ1v) is 8.84. The Hall–Kier alpha value is -2.29. The highest BCUT2D eigenvalue weighted by Gasteiger charge is 2.23. The number of thioether (sulfide) groups is 2. The molecule has 0 aromatic heterocycles. The summed E-state index contributed by atoms with van der Waals surface area (Å²) in [6.45, 7) is 0. The fraction of sp³-hybridized carbons (Fsp3) is 0. The maximum Gasteiger partial charge on any atom is 0.344 e. The molecule has 0 unspecified atom stereocenters. The van der Waals surface area contributed by atoms with E-state index in [0.29, 0.717) is 0 Å². The molecule has 0 bridgehead atoms. The van der Waals surface area contributed by atoms with E-state index in [4.69, 9.17) is 11.6 Å². The van der Waals surface area contributed by atoms with Crippen LogP contribution in [-0.4, -0.2) is 9.85 Å². The number of halogens is 1. The van der Waals surface area contributed by atoms with Gasteiger partial charge in [0.1, 0.15) is 10.3 Å². The van der Waals surface area contributed by atoms with Crippen molar-refractivity contribution >= 4 is 35.1 Å². The molecule has 0 atom stereocenters. The largest absolute Gasteiger partial charge is 0.344 e. The summed E-state index contributed by atoms with van der Waals surface area (Å²) >= 11 is 7.81. The molecule has 0 spiro atoms. The molecule has 0 fully saturated rings. The molecule has 0 aliphatic rings. The van der Waals surface area contributed by atoms with Crippen LogP contribution in [0.4, 0.5) is 0 Å². The minimum atomic E-state index is -0.872. The monoisotopic (exact) mass is 394 g/mol. The van der Waals surface area contributed by atoms with Gasteiger partial charge in [-0.2, -0.15) is 0 Å². The highest BCUT2D eigenvalue weighted by Crippen LogP contribution is 2.41. The number of nitrogens with zero attached hydrogens (tertiary/aromatic N) is 2. The van der Waals surface area contributed by atoms with Gasteiger partial charge >= 0.3 is 5.16 Å². The van der Waals surface area contributed by atoms with Crippen LogP contribution < -0.4 is 0 Å². The Morgan fingerprint density at radius 1 is 0.840 bits per heavy atom. The molecule has 0 heterocycles. The van der Waals surface area contributed by atoms with E-state index in [0.717, 1.165) is 39.4 Å². The molecule has 25 heavy (non-hydrogen) atoms. The zero-order valence-electron chi connectivity index (χ0n) is 12.6. The van der Waals surface area contributed by atoms with Crippen molar-refractivity contribution in [1.29, 1.82) is 0 Å². The summed E-state index contributed by atoms with van der Waals surface area (Å²) in [5, 5.41) is 21.4. The maximum atomic E-state index is 11.5. The second-order valence-corrected chi connectivity index (χ2v) is 7.30. The molecule has 9 heteroatoms. The quantitative estimate of drug-likeness (QED) is 0.206. The lowest BCUT2D eigenvalue weighted by Crippen LogP contribution is -2.01. The van der Waals surface area contributed by atoms with Gasteiger partial charge in [-0.25, -0.2) is 0 Å². The van der Waals surface area contributed by atoms with Crippen LogP contribution >= 0.6 is 35.1 Å². The van der Waals surface area contributed by atoms with Gasteiger partial charge < -0.3 is 0 Å². The van der Waals surface area contributed by atoms with Crippen molar-refractivity contribution in [2.75, 3.05) is 0 Å². The SMILES string of the molecule is O=[N+]([O-])C(/C=C(/Cl)[N+](=O)[O-])=C(Sc1ccccc1)Sc1ccccc1. The molecular formula is C16H11ClN2O4S2. The molecule has 0 N–H and O–H groups in total. The number of hydrogen-bond donors (Lipinski definition) is 0. The fourth-order valence-corrected chi connectivity index (χ4v) is 4.01. The predicted octanol–water partition coefficient (Wildman–Crippen LogP) is 5.37. The van der Waals surface area contributed by atoms with Gasteiger partial charge in [0, 0.05) is 9.79 Å². The van der Waals surface area contributed by atoms with Crippen LogP contribution in [0, 0.1) is 20.2 Å². The zero-order chi connectivity index (χ0) is 18.2. The average molecular weight is 395 g/mol. The van der Waals surface area contributed by atoms with E-state index >= 15 is 0 Å². The Kier molecular flexibility index (Phi) is 7.05. The van der Waals surface area contributed by atoms with Crippen LogP contribution in [0.1, 0.15) is 0 Å². The standard InChI is InChI=1S/C16H11ClN2O4S2/c17-15(19(22)23)11-14(18(20)21)16(24-12-7-3-1-4-8-12)25-13-9-5-2-6-10-13/h1-11H/b15-11-. The van der Waals surface area contributed by atoms with Crippen molar-refractivity contribution in [2.24, 2.45) is 0 Å². The number of rotatable bonds is 7. The molecular weight excluding hydrogens is 384 g/mol. The third-order valence-electron chi connectivity index (χ3n) is 2.74. The van der Waals surface area contributed by atoms with Crippen LogP contribution in [0.15, 0.2) is 91.6 Å². The van der Waals surface area contributed by atoms with Crippen LogP contribution in [0.3, 0.4) is 0 Å². The van der Waals surface area contributed by atoms with E-state index in [-0.39, 0.29) is 4.24 Å². The molecule has 0 radical (unpaired) electrons. The second kappa shape index (κ2) is 9.26. The maximum absolute atomic E-state index is 11.5. The van der Waals surface area contributed by atoms with E-state index in [1.54, 1.807) is 48.5 Å². The van der Waals surface area contributed by atoms with Crippen molar-refractivity contribution in [3.63, 3.8) is 0 Å². The van der Waals surface area contributed by atoms with Gasteiger partial charge in [-0.15, -0.1) is 0 Å². The summed E-state index contributed by atoms with van der Waals surface area (Å²) in [6, 6.07) is 18.1. The van der Waals surface area contributed by atoms with Crippen LogP contribution in [0.5, 0.6) is 0 Å². The van der Waals surface area contributed by atoms with Gasteiger partial charge in [0.2, 0.25) is 0 Å². The van der Waals surface area contributed by atoms with Crippen molar-refractivity contribution in [1.82, 2.24) is 0 Å². The van der Waals surface area contributed by atoms with Gasteiger partial charge in [-0.05, 0) is 35.9 Å². The van der Waals surface area contributed by atoms with E-state index in [9.17, 15) is 20.2 Å². The summed E-state index contributed by atoms with van der Waals surface area (Å²) < 4.78 is 0.280. The summed E-state index contributed by atoms with van der Waals surface area (Å²) in [7, 11) is 0. The second-order valence-electron chi connectivity index (χ2n) is 4.48. The summed E-state index contributed by atoms with van der Waals surface area (Å²) in [5.74, 6) is 0. The van der Waals surface area contributed by atoms with E-state index < -0.39 is 20.7 Å². The van der Waals surface area contributed by atoms with Gasteiger partial charge in [0.05, 0.1) is 9.85 Å². The molecule has 2 rings (SSSR count). The first-order chi connectivity index (χ1) is 12.0. The third kappa shape index (κ3) is 5.93. The molecule has 0 saturated heterocycles. The van der Waals surface area contributed by atoms with Crippen molar-refractivity contribution in [3.8, 4) is 0 Å². The first-order valence-electron chi connectivity index (χ1n) is 6.83. The Labute approximate surface area is 156 Å². The lowest BCUT2D eigenvalue weighted by Gasteiger charge is -2.07. The van der Waals surface area contributed by atoms with Crippen LogP contribution in [0.25, 0.3) is 0 Å². The minimum absolute atomic E-state index is 0.280. The lowest BCUT2D eigenvalue weighted by molar-refractivity contribution is -0.427. The van der Waals surface area contributed by atoms with Gasteiger partial charge in [-0.1, -0.05) is 59.9 Å². The highest BCUT2D eigenvalue weighted by molar-refractivity contribution is 8.22. The molecule has 2 aromatic rings. The normalized spacial score (nSPS) is 11.0. The Balaban J connectivity index is 2.50. The topological polar surface area (TPSA) is 86.3 Å². The third-order valence-corrected chi connectivity index (χ3v) is 5.30. The Morgan fingerprint density at radius 2 is 1.28 bits per heavy atom. The molecule has 6 nitrogen and oxygen atoms in total. The van der Waals surface area contributed by atoms with Gasteiger partial charge in [-0.3, -0.25) is 20.2 Å². The Bertz CT molecular complexity index is 783. The molecule has 0 saturated carbocycles. The Morgan fingerprint density at radius 3 is 1.64 bits per heavy atom. The number of benzene rings is 2. The van der Waals surface area contributed by atoms with E-state index in [1.807, 2.05) is 12.1 Å². The van der Waals surface area contributed by atoms with Gasteiger partial charge in [0.15, 0.2) is 0 Å². The number of hydrogen-bond acceptors (Lipinski definition) is 6. The minimum Gasteiger partial charge on any atom is -0.258 e. The average Bonchev–Trinajstić information content (AvgIpc) is 2.60. The lowest BCUT2D eigenvalue weighted by atomic mass is 10.4. The summed E-state index contributed by atoms with van der Waals surface area (Å²) in [5.41, 5.74) is -0.426. The molecule has 0 amide bonds.